The maximum Gasteiger partial charge on any atom is 0.430 e. The van der Waals surface area contributed by atoms with Crippen LogP contribution in [0.25, 0.3) is 0 Å². The average Bonchev–Trinajstić information content (AvgIpc) is 3.14. The standard InChI is InChI=1S/C37H24F12N2O10/c1-15(52)26-7-16(3-5-24(26)30(55)56)28(53)17-4-6-25(31(57)58)27(8-17)29(54)51-21-10-19(33(60,36(44,45)46)37(47,48)49)12-23(14-21)61-22-11-18(9-20(13-22)50-2)32(59,34(38,39)40)35(41,42)43/h3-14,50,59-60H,1-2H3,(H,51,54)(H,55,56)(H,57,58). The van der Waals surface area contributed by atoms with Crippen molar-refractivity contribution in [1.82, 2.24) is 0 Å². The second-order valence-corrected chi connectivity index (χ2v) is 12.7. The van der Waals surface area contributed by atoms with Gasteiger partial charge in [-0.1, -0.05) is 12.1 Å². The van der Waals surface area contributed by atoms with Gasteiger partial charge in [-0.25, -0.2) is 9.59 Å². The Kier molecular flexibility index (Phi) is 12.4. The van der Waals surface area contributed by atoms with Gasteiger partial charge in [0.1, 0.15) is 11.5 Å². The summed E-state index contributed by atoms with van der Waals surface area (Å²) >= 11 is 0. The molecular formula is C37H24F12N2O10. The second kappa shape index (κ2) is 16.1. The lowest BCUT2D eigenvalue weighted by molar-refractivity contribution is -0.376. The molecule has 0 saturated carbocycles. The summed E-state index contributed by atoms with van der Waals surface area (Å²) in [5.74, 6) is -9.60. The number of alkyl halides is 12. The number of ether oxygens (including phenoxy) is 1. The Bertz CT molecular complexity index is 2410. The molecule has 61 heavy (non-hydrogen) atoms. The first-order valence-electron chi connectivity index (χ1n) is 16.3. The zero-order valence-electron chi connectivity index (χ0n) is 30.2. The normalized spacial score (nSPS) is 12.7. The van der Waals surface area contributed by atoms with E-state index in [4.69, 9.17) is 4.74 Å². The number of anilines is 2. The first-order chi connectivity index (χ1) is 27.8. The van der Waals surface area contributed by atoms with Gasteiger partial charge < -0.3 is 35.8 Å². The van der Waals surface area contributed by atoms with Gasteiger partial charge in [-0.2, -0.15) is 52.7 Å². The van der Waals surface area contributed by atoms with Crippen molar-refractivity contribution in [3.8, 4) is 11.5 Å². The number of carboxylic acids is 2. The number of aliphatic hydroxyl groups is 2. The summed E-state index contributed by atoms with van der Waals surface area (Å²) in [7, 11) is 0.941. The number of amides is 1. The van der Waals surface area contributed by atoms with Gasteiger partial charge in [0.15, 0.2) is 11.6 Å². The Labute approximate surface area is 332 Å². The summed E-state index contributed by atoms with van der Waals surface area (Å²) in [6.07, 6.45) is -26.3. The topological polar surface area (TPSA) is 200 Å². The monoisotopic (exact) mass is 884 g/mol. The number of benzene rings is 4. The van der Waals surface area contributed by atoms with Crippen LogP contribution in [0.3, 0.4) is 0 Å². The fraction of sp³-hybridized carbons (Fsp3) is 0.216. The quantitative estimate of drug-likeness (QED) is 0.0592. The van der Waals surface area contributed by atoms with Crippen molar-refractivity contribution in [2.75, 3.05) is 17.7 Å². The Morgan fingerprint density at radius 3 is 1.28 bits per heavy atom. The molecule has 0 saturated heterocycles. The van der Waals surface area contributed by atoms with Crippen LogP contribution >= 0.6 is 0 Å². The van der Waals surface area contributed by atoms with E-state index < -0.39 is 127 Å². The number of aromatic carboxylic acids is 2. The Hall–Kier alpha value is -6.69. The highest BCUT2D eigenvalue weighted by atomic mass is 19.4. The van der Waals surface area contributed by atoms with Crippen LogP contribution in [0.1, 0.15) is 75.4 Å². The van der Waals surface area contributed by atoms with Crippen LogP contribution < -0.4 is 15.4 Å². The van der Waals surface area contributed by atoms with Crippen LogP contribution in [0.5, 0.6) is 11.5 Å². The van der Waals surface area contributed by atoms with Crippen molar-refractivity contribution < 1.29 is 102 Å². The van der Waals surface area contributed by atoms with Crippen LogP contribution in [-0.2, 0) is 11.2 Å². The number of ketones is 2. The maximum atomic E-state index is 14.1. The molecular weight excluding hydrogens is 860 g/mol. The minimum Gasteiger partial charge on any atom is -0.478 e. The molecule has 24 heteroatoms. The number of halogens is 12. The molecule has 0 spiro atoms. The third-order valence-electron chi connectivity index (χ3n) is 8.72. The third kappa shape index (κ3) is 8.94. The van der Waals surface area contributed by atoms with Gasteiger partial charge in [0, 0.05) is 58.4 Å². The summed E-state index contributed by atoms with van der Waals surface area (Å²) in [5.41, 5.74) is -21.5. The predicted octanol–water partition coefficient (Wildman–Crippen LogP) is 8.23. The van der Waals surface area contributed by atoms with Gasteiger partial charge in [0.2, 0.25) is 0 Å². The fourth-order valence-corrected chi connectivity index (χ4v) is 5.65. The van der Waals surface area contributed by atoms with Gasteiger partial charge in [-0.05, 0) is 55.5 Å². The number of carbonyl (C=O) groups excluding carboxylic acids is 3. The van der Waals surface area contributed by atoms with Crippen molar-refractivity contribution in [1.29, 1.82) is 0 Å². The summed E-state index contributed by atoms with van der Waals surface area (Å²) in [4.78, 5) is 62.6. The molecule has 0 aliphatic carbocycles. The molecule has 0 aromatic heterocycles. The SMILES string of the molecule is CNc1cc(Oc2cc(NC(=O)c3cc(C(=O)c4ccc(C(=O)O)c(C(C)=O)c4)ccc3C(=O)O)cc(C(O)(C(F)(F)F)C(F)(F)F)c2)cc(C(O)(C(F)(F)F)C(F)(F)F)c1. The predicted molar refractivity (Wildman–Crippen MR) is 183 cm³/mol. The highest BCUT2D eigenvalue weighted by Crippen LogP contribution is 2.53. The fourth-order valence-electron chi connectivity index (χ4n) is 5.65. The second-order valence-electron chi connectivity index (χ2n) is 12.7. The van der Waals surface area contributed by atoms with Crippen molar-refractivity contribution in [3.05, 3.63) is 117 Å². The van der Waals surface area contributed by atoms with E-state index in [1.807, 2.05) is 0 Å². The highest BCUT2D eigenvalue weighted by molar-refractivity contribution is 6.16. The molecule has 4 aromatic rings. The number of Topliss-reactive ketones (excluding diaryl/α,β-unsaturated/α-hetero) is 1. The molecule has 0 atom stereocenters. The molecule has 6 N–H and O–H groups in total. The maximum absolute atomic E-state index is 14.1. The molecule has 4 aromatic carbocycles. The molecule has 0 aliphatic heterocycles. The summed E-state index contributed by atoms with van der Waals surface area (Å²) in [6, 6.07) is 5.36. The number of carboxylic acid groups (broad SMARTS) is 2. The van der Waals surface area contributed by atoms with Crippen LogP contribution in [-0.4, -0.2) is 81.6 Å². The molecule has 4 rings (SSSR count). The van der Waals surface area contributed by atoms with E-state index in [1.165, 1.54) is 0 Å². The van der Waals surface area contributed by atoms with Gasteiger partial charge in [0.05, 0.1) is 16.7 Å². The Morgan fingerprint density at radius 1 is 0.525 bits per heavy atom. The molecule has 0 aliphatic rings. The largest absolute Gasteiger partial charge is 0.478 e. The molecule has 12 nitrogen and oxygen atoms in total. The Morgan fingerprint density at radius 2 is 0.902 bits per heavy atom. The van der Waals surface area contributed by atoms with Gasteiger partial charge in [0.25, 0.3) is 17.1 Å². The van der Waals surface area contributed by atoms with Crippen molar-refractivity contribution in [2.24, 2.45) is 0 Å². The van der Waals surface area contributed by atoms with Gasteiger partial charge in [-0.3, -0.25) is 14.4 Å². The summed E-state index contributed by atoms with van der Waals surface area (Å²) < 4.78 is 172. The van der Waals surface area contributed by atoms with Crippen molar-refractivity contribution in [3.63, 3.8) is 0 Å². The van der Waals surface area contributed by atoms with E-state index in [0.29, 0.717) is 24.3 Å². The molecule has 0 unspecified atom stereocenters. The highest BCUT2D eigenvalue weighted by Gasteiger charge is 2.72. The van der Waals surface area contributed by atoms with Crippen LogP contribution in [0.2, 0.25) is 0 Å². The zero-order chi connectivity index (χ0) is 46.4. The lowest BCUT2D eigenvalue weighted by Crippen LogP contribution is -2.54. The van der Waals surface area contributed by atoms with Crippen LogP contribution in [0.15, 0.2) is 72.8 Å². The smallest absolute Gasteiger partial charge is 0.430 e. The van der Waals surface area contributed by atoms with Crippen LogP contribution in [0.4, 0.5) is 64.1 Å². The molecule has 0 heterocycles. The number of hydrogen-bond donors (Lipinski definition) is 6. The molecule has 0 bridgehead atoms. The van der Waals surface area contributed by atoms with E-state index in [-0.39, 0.29) is 29.8 Å². The third-order valence-corrected chi connectivity index (χ3v) is 8.72. The van der Waals surface area contributed by atoms with Crippen molar-refractivity contribution >= 4 is 40.8 Å². The van der Waals surface area contributed by atoms with E-state index in [2.05, 4.69) is 5.32 Å². The average molecular weight is 885 g/mol. The van der Waals surface area contributed by atoms with E-state index in [1.54, 1.807) is 5.32 Å². The lowest BCUT2D eigenvalue weighted by Gasteiger charge is -2.33. The number of hydrogen-bond acceptors (Lipinski definition) is 9. The molecule has 0 radical (unpaired) electrons. The lowest BCUT2D eigenvalue weighted by atomic mass is 9.91. The van der Waals surface area contributed by atoms with Gasteiger partial charge in [-0.15, -0.1) is 0 Å². The van der Waals surface area contributed by atoms with Gasteiger partial charge >= 0.3 is 36.6 Å². The molecule has 1 amide bonds. The summed E-state index contributed by atoms with van der Waals surface area (Å²) in [6.45, 7) is 0.966. The molecule has 0 fully saturated rings. The number of rotatable bonds is 12. The van der Waals surface area contributed by atoms with E-state index in [9.17, 15) is 97.1 Å². The summed E-state index contributed by atoms with van der Waals surface area (Å²) in [5, 5.41) is 43.1. The first kappa shape index (κ1) is 47.0. The molecule has 326 valence electrons. The zero-order valence-corrected chi connectivity index (χ0v) is 30.2. The first-order valence-corrected chi connectivity index (χ1v) is 16.3. The van der Waals surface area contributed by atoms with Crippen molar-refractivity contribution in [2.45, 2.75) is 42.8 Å². The Balaban J connectivity index is 1.92. The van der Waals surface area contributed by atoms with E-state index in [0.717, 1.165) is 38.2 Å². The van der Waals surface area contributed by atoms with Crippen LogP contribution in [0, 0.1) is 0 Å². The minimum atomic E-state index is -6.64. The van der Waals surface area contributed by atoms with E-state index >= 15 is 0 Å². The minimum absolute atomic E-state index is 0.122. The number of carbonyl (C=O) groups is 5. The number of nitrogens with one attached hydrogen (secondary N) is 2.